The summed E-state index contributed by atoms with van der Waals surface area (Å²) in [6.07, 6.45) is 8.06. The maximum Gasteiger partial charge on any atom is 0.170 e. The van der Waals surface area contributed by atoms with Crippen molar-refractivity contribution in [1.82, 2.24) is 10.2 Å². The van der Waals surface area contributed by atoms with Crippen molar-refractivity contribution < 1.29 is 0 Å². The lowest BCUT2D eigenvalue weighted by Crippen LogP contribution is -2.56. The number of rotatable bonds is 3. The van der Waals surface area contributed by atoms with E-state index in [4.69, 9.17) is 18.6 Å². The van der Waals surface area contributed by atoms with E-state index < -0.39 is 0 Å². The maximum atomic E-state index is 5.64. The molecule has 2 N–H and O–H groups in total. The molecule has 0 radical (unpaired) electrons. The number of nitrogens with zero attached hydrogens (tertiary/aromatic N) is 1. The van der Waals surface area contributed by atoms with Crippen LogP contribution in [0.5, 0.6) is 0 Å². The Balaban J connectivity index is 1.51. The molecule has 1 aromatic carbocycles. The first kappa shape index (κ1) is 16.8. The lowest BCUT2D eigenvalue weighted by molar-refractivity contribution is 0.0248. The molecule has 3 nitrogen and oxygen atoms in total. The fourth-order valence-electron chi connectivity index (χ4n) is 3.64. The van der Waals surface area contributed by atoms with Crippen molar-refractivity contribution in [2.24, 2.45) is 11.8 Å². The number of terminal acetylenes is 1. The van der Waals surface area contributed by atoms with Gasteiger partial charge in [0.05, 0.1) is 5.69 Å². The number of hydrogen-bond acceptors (Lipinski definition) is 2. The lowest BCUT2D eigenvalue weighted by atomic mass is 9.76. The Labute approximate surface area is 152 Å². The minimum Gasteiger partial charge on any atom is -0.361 e. The summed E-state index contributed by atoms with van der Waals surface area (Å²) in [4.78, 5) is 2.52. The van der Waals surface area contributed by atoms with Gasteiger partial charge in [-0.05, 0) is 78.1 Å². The Kier molecular flexibility index (Phi) is 5.25. The van der Waals surface area contributed by atoms with Crippen LogP contribution in [0, 0.1) is 31.1 Å². The molecule has 23 heavy (non-hydrogen) atoms. The molecular weight excluding hydrogens is 370 g/mol. The summed E-state index contributed by atoms with van der Waals surface area (Å²) in [6, 6.07) is 6.73. The van der Waals surface area contributed by atoms with E-state index in [9.17, 15) is 0 Å². The average molecular weight is 392 g/mol. The van der Waals surface area contributed by atoms with Crippen molar-refractivity contribution in [3.63, 3.8) is 0 Å². The molecule has 0 amide bonds. The van der Waals surface area contributed by atoms with Crippen LogP contribution >= 0.6 is 28.1 Å². The van der Waals surface area contributed by atoms with E-state index in [1.54, 1.807) is 0 Å². The van der Waals surface area contributed by atoms with Crippen LogP contribution in [0.4, 0.5) is 5.69 Å². The van der Waals surface area contributed by atoms with Crippen molar-refractivity contribution in [2.75, 3.05) is 25.0 Å². The quantitative estimate of drug-likeness (QED) is 0.609. The van der Waals surface area contributed by atoms with Crippen molar-refractivity contribution >= 4 is 38.9 Å². The molecule has 1 unspecified atom stereocenters. The summed E-state index contributed by atoms with van der Waals surface area (Å²) in [6.45, 7) is 5.15. The number of hydrogen-bond donors (Lipinski definition) is 2. The zero-order valence-corrected chi connectivity index (χ0v) is 15.7. The molecule has 3 heterocycles. The molecule has 0 aromatic heterocycles. The SMILES string of the molecule is C#C[C@H]1CN2CC[C@@H]1C[C@@H]2CNC(=S)Nc1ccc(C)cc1Br. The molecule has 0 aliphatic carbocycles. The summed E-state index contributed by atoms with van der Waals surface area (Å²) in [5, 5.41) is 7.30. The van der Waals surface area contributed by atoms with Crippen LogP contribution in [0.25, 0.3) is 0 Å². The number of fused-ring (bicyclic) bond motifs is 3. The number of benzene rings is 1. The van der Waals surface area contributed by atoms with Gasteiger partial charge in [0.15, 0.2) is 5.11 Å². The Morgan fingerprint density at radius 2 is 2.35 bits per heavy atom. The first-order valence-electron chi connectivity index (χ1n) is 8.08. The smallest absolute Gasteiger partial charge is 0.170 e. The fourth-order valence-corrected chi connectivity index (χ4v) is 4.42. The monoisotopic (exact) mass is 391 g/mol. The van der Waals surface area contributed by atoms with Gasteiger partial charge in [0.1, 0.15) is 0 Å². The van der Waals surface area contributed by atoms with Gasteiger partial charge in [-0.2, -0.15) is 0 Å². The summed E-state index contributed by atoms with van der Waals surface area (Å²) >= 11 is 9.00. The van der Waals surface area contributed by atoms with Crippen molar-refractivity contribution in [1.29, 1.82) is 0 Å². The normalized spacial score (nSPS) is 28.9. The van der Waals surface area contributed by atoms with Gasteiger partial charge in [-0.3, -0.25) is 4.90 Å². The molecule has 4 atom stereocenters. The highest BCUT2D eigenvalue weighted by Crippen LogP contribution is 2.35. The summed E-state index contributed by atoms with van der Waals surface area (Å²) in [5.74, 6) is 4.08. The number of piperidine rings is 3. The lowest BCUT2D eigenvalue weighted by Gasteiger charge is -2.48. The number of aryl methyl sites for hydroxylation is 1. The molecule has 3 aliphatic rings. The van der Waals surface area contributed by atoms with Crippen LogP contribution in [0.3, 0.4) is 0 Å². The van der Waals surface area contributed by atoms with E-state index in [1.807, 2.05) is 6.07 Å². The third kappa shape index (κ3) is 3.88. The van der Waals surface area contributed by atoms with Gasteiger partial charge in [-0.1, -0.05) is 6.07 Å². The van der Waals surface area contributed by atoms with Crippen LogP contribution in [0.2, 0.25) is 0 Å². The minimum atomic E-state index is 0.439. The topological polar surface area (TPSA) is 27.3 Å². The molecule has 5 heteroatoms. The second kappa shape index (κ2) is 7.21. The Morgan fingerprint density at radius 3 is 3.00 bits per heavy atom. The average Bonchev–Trinajstić information content (AvgIpc) is 2.56. The molecule has 0 spiro atoms. The highest BCUT2D eigenvalue weighted by Gasteiger charge is 2.39. The molecule has 3 saturated heterocycles. The van der Waals surface area contributed by atoms with Gasteiger partial charge >= 0.3 is 0 Å². The van der Waals surface area contributed by atoms with Crippen LogP contribution in [0.1, 0.15) is 18.4 Å². The molecule has 2 bridgehead atoms. The minimum absolute atomic E-state index is 0.439. The standard InChI is InChI=1S/C18H22BrN3S/c1-3-13-11-22-7-6-14(13)9-15(22)10-20-18(23)21-17-5-4-12(2)8-16(17)19/h1,4-5,8,13-15H,6-7,9-11H2,2H3,(H2,20,21,23)/t13-,14+,15+/m0/s1. The molecule has 3 aliphatic heterocycles. The van der Waals surface area contributed by atoms with E-state index in [0.29, 0.717) is 23.0 Å². The Bertz CT molecular complexity index is 640. The van der Waals surface area contributed by atoms with E-state index >= 15 is 0 Å². The van der Waals surface area contributed by atoms with Gasteiger partial charge in [-0.15, -0.1) is 12.3 Å². The van der Waals surface area contributed by atoms with Crippen LogP contribution in [0.15, 0.2) is 22.7 Å². The van der Waals surface area contributed by atoms with Gasteiger partial charge in [0.25, 0.3) is 0 Å². The number of anilines is 1. The zero-order chi connectivity index (χ0) is 16.4. The largest absolute Gasteiger partial charge is 0.361 e. The Morgan fingerprint density at radius 1 is 1.52 bits per heavy atom. The molecule has 122 valence electrons. The predicted octanol–water partition coefficient (Wildman–Crippen LogP) is 3.39. The number of nitrogens with one attached hydrogen (secondary N) is 2. The van der Waals surface area contributed by atoms with Crippen LogP contribution in [-0.4, -0.2) is 35.7 Å². The predicted molar refractivity (Wildman–Crippen MR) is 104 cm³/mol. The van der Waals surface area contributed by atoms with E-state index in [-0.39, 0.29) is 0 Å². The fraction of sp³-hybridized carbons (Fsp3) is 0.500. The van der Waals surface area contributed by atoms with Gasteiger partial charge < -0.3 is 10.6 Å². The molecule has 0 saturated carbocycles. The van der Waals surface area contributed by atoms with Gasteiger partial charge in [0, 0.05) is 29.5 Å². The molecule has 3 fully saturated rings. The molecule has 4 rings (SSSR count). The first-order valence-corrected chi connectivity index (χ1v) is 9.28. The second-order valence-corrected chi connectivity index (χ2v) is 7.79. The van der Waals surface area contributed by atoms with Crippen LogP contribution in [-0.2, 0) is 0 Å². The third-order valence-electron chi connectivity index (χ3n) is 4.96. The van der Waals surface area contributed by atoms with E-state index in [2.05, 4.69) is 56.4 Å². The van der Waals surface area contributed by atoms with Gasteiger partial charge in [0.2, 0.25) is 0 Å². The highest BCUT2D eigenvalue weighted by molar-refractivity contribution is 9.10. The van der Waals surface area contributed by atoms with Gasteiger partial charge in [-0.25, -0.2) is 0 Å². The first-order chi connectivity index (χ1) is 11.1. The third-order valence-corrected chi connectivity index (χ3v) is 5.87. The highest BCUT2D eigenvalue weighted by atomic mass is 79.9. The number of halogens is 1. The summed E-state index contributed by atoms with van der Waals surface area (Å²) < 4.78 is 1.03. The summed E-state index contributed by atoms with van der Waals surface area (Å²) in [5.41, 5.74) is 2.21. The van der Waals surface area contributed by atoms with Crippen molar-refractivity contribution in [3.05, 3.63) is 28.2 Å². The van der Waals surface area contributed by atoms with Crippen LogP contribution < -0.4 is 10.6 Å². The van der Waals surface area contributed by atoms with E-state index in [0.717, 1.165) is 23.2 Å². The summed E-state index contributed by atoms with van der Waals surface area (Å²) in [7, 11) is 0. The Hall–Kier alpha value is -1.09. The van der Waals surface area contributed by atoms with E-state index in [1.165, 1.54) is 24.9 Å². The number of thiocarbonyl (C=S) groups is 1. The van der Waals surface area contributed by atoms with Crippen molar-refractivity contribution in [2.45, 2.75) is 25.8 Å². The maximum absolute atomic E-state index is 5.64. The molecular formula is C18H22BrN3S. The zero-order valence-electron chi connectivity index (χ0n) is 13.3. The van der Waals surface area contributed by atoms with Crippen molar-refractivity contribution in [3.8, 4) is 12.3 Å². The second-order valence-electron chi connectivity index (χ2n) is 6.52. The molecule has 1 aromatic rings.